The zero-order valence-corrected chi connectivity index (χ0v) is 18.4. The van der Waals surface area contributed by atoms with Crippen molar-refractivity contribution in [2.24, 2.45) is 0 Å². The van der Waals surface area contributed by atoms with Gasteiger partial charge in [0.15, 0.2) is 0 Å². The third-order valence-corrected chi connectivity index (χ3v) is 5.86. The van der Waals surface area contributed by atoms with E-state index in [0.29, 0.717) is 40.2 Å². The Labute approximate surface area is 190 Å². The van der Waals surface area contributed by atoms with Crippen molar-refractivity contribution in [3.05, 3.63) is 93.8 Å². The minimum atomic E-state index is -0.690. The molecule has 3 aromatic rings. The van der Waals surface area contributed by atoms with Gasteiger partial charge in [-0.3, -0.25) is 14.5 Å². The van der Waals surface area contributed by atoms with E-state index in [4.69, 9.17) is 21.1 Å². The molecule has 32 heavy (non-hydrogen) atoms. The number of benzene rings is 3. The van der Waals surface area contributed by atoms with Crippen LogP contribution in [0.4, 0.5) is 4.39 Å². The Balaban J connectivity index is 1.69. The zero-order valence-electron chi connectivity index (χ0n) is 17.6. The third kappa shape index (κ3) is 3.94. The molecule has 0 unspecified atom stereocenters. The van der Waals surface area contributed by atoms with Crippen LogP contribution < -0.4 is 9.47 Å². The van der Waals surface area contributed by atoms with Gasteiger partial charge < -0.3 is 9.47 Å². The molecule has 0 saturated heterocycles. The summed E-state index contributed by atoms with van der Waals surface area (Å²) in [5.74, 6) is -0.0894. The lowest BCUT2D eigenvalue weighted by Gasteiger charge is -2.28. The molecule has 0 aromatic heterocycles. The lowest BCUT2D eigenvalue weighted by atomic mass is 9.97. The Morgan fingerprint density at radius 1 is 0.969 bits per heavy atom. The van der Waals surface area contributed by atoms with Gasteiger partial charge in [0.1, 0.15) is 23.9 Å². The first-order chi connectivity index (χ1) is 15.4. The maximum Gasteiger partial charge on any atom is 0.262 e. The van der Waals surface area contributed by atoms with E-state index in [9.17, 15) is 14.0 Å². The first kappa shape index (κ1) is 21.8. The van der Waals surface area contributed by atoms with Crippen molar-refractivity contribution in [1.82, 2.24) is 4.90 Å². The number of methoxy groups -OCH3 is 1. The third-order valence-electron chi connectivity index (χ3n) is 5.52. The quantitative estimate of drug-likeness (QED) is 0.423. The summed E-state index contributed by atoms with van der Waals surface area (Å²) in [5, 5.41) is 0.170. The first-order valence-electron chi connectivity index (χ1n) is 10.2. The van der Waals surface area contributed by atoms with Gasteiger partial charge in [0.25, 0.3) is 11.8 Å². The Morgan fingerprint density at radius 2 is 1.56 bits per heavy atom. The van der Waals surface area contributed by atoms with Crippen molar-refractivity contribution >= 4 is 23.4 Å². The summed E-state index contributed by atoms with van der Waals surface area (Å²) in [5.41, 5.74) is 1.65. The number of rotatable bonds is 7. The Hall–Kier alpha value is -3.38. The van der Waals surface area contributed by atoms with Crippen molar-refractivity contribution in [2.75, 3.05) is 7.11 Å². The average Bonchev–Trinajstić information content (AvgIpc) is 3.05. The molecule has 1 atom stereocenters. The van der Waals surface area contributed by atoms with Crippen LogP contribution in [0.5, 0.6) is 11.5 Å². The van der Waals surface area contributed by atoms with Gasteiger partial charge in [-0.25, -0.2) is 4.39 Å². The molecule has 4 rings (SSSR count). The fourth-order valence-electron chi connectivity index (χ4n) is 3.93. The molecule has 164 valence electrons. The highest BCUT2D eigenvalue weighted by molar-refractivity contribution is 6.31. The highest BCUT2D eigenvalue weighted by atomic mass is 35.5. The van der Waals surface area contributed by atoms with Gasteiger partial charge in [-0.15, -0.1) is 0 Å². The minimum Gasteiger partial charge on any atom is -0.497 e. The number of carbonyl (C=O) groups is 2. The van der Waals surface area contributed by atoms with Crippen LogP contribution in [0.25, 0.3) is 0 Å². The average molecular weight is 454 g/mol. The second-order valence-corrected chi connectivity index (χ2v) is 7.78. The van der Waals surface area contributed by atoms with Crippen LogP contribution >= 0.6 is 11.6 Å². The highest BCUT2D eigenvalue weighted by Crippen LogP contribution is 2.37. The van der Waals surface area contributed by atoms with E-state index < -0.39 is 23.7 Å². The van der Waals surface area contributed by atoms with Crippen LogP contribution in [-0.4, -0.2) is 23.8 Å². The van der Waals surface area contributed by atoms with Crippen LogP contribution in [0.15, 0.2) is 60.7 Å². The largest absolute Gasteiger partial charge is 0.497 e. The normalized spacial score (nSPS) is 13.8. The molecule has 1 aliphatic rings. The van der Waals surface area contributed by atoms with Gasteiger partial charge in [-0.2, -0.15) is 0 Å². The summed E-state index contributed by atoms with van der Waals surface area (Å²) in [6.45, 7) is 1.88. The van der Waals surface area contributed by atoms with Crippen molar-refractivity contribution in [3.63, 3.8) is 0 Å². The standard InChI is InChI=1S/C25H21ClFNO4/c1-3-23(28-24(29)18-6-4-5-7-19(18)25(28)30)20-12-15(27)13-22(26)21(20)14-32-17-10-8-16(31-2)9-11-17/h4-13,23H,3,14H2,1-2H3/t23-/m0/s1. The first-order valence-corrected chi connectivity index (χ1v) is 10.5. The Bertz CT molecular complexity index is 1140. The van der Waals surface area contributed by atoms with Crippen molar-refractivity contribution in [1.29, 1.82) is 0 Å². The molecule has 2 amide bonds. The SMILES string of the molecule is CC[C@@H](c1cc(F)cc(Cl)c1COc1ccc(OC)cc1)N1C(=O)c2ccccc2C1=O. The molecule has 0 N–H and O–H groups in total. The highest BCUT2D eigenvalue weighted by Gasteiger charge is 2.40. The van der Waals surface area contributed by atoms with Gasteiger partial charge in [0.05, 0.1) is 29.3 Å². The summed E-state index contributed by atoms with van der Waals surface area (Å²) >= 11 is 6.39. The van der Waals surface area contributed by atoms with Crippen LogP contribution in [0.1, 0.15) is 51.2 Å². The smallest absolute Gasteiger partial charge is 0.262 e. The molecule has 1 aliphatic heterocycles. The van der Waals surface area contributed by atoms with Crippen molar-refractivity contribution < 1.29 is 23.5 Å². The molecule has 7 heteroatoms. The summed E-state index contributed by atoms with van der Waals surface area (Å²) < 4.78 is 25.4. The van der Waals surface area contributed by atoms with Gasteiger partial charge in [0, 0.05) is 5.56 Å². The predicted octanol–water partition coefficient (Wildman–Crippen LogP) is 5.81. The summed E-state index contributed by atoms with van der Waals surface area (Å²) in [6, 6.07) is 15.5. The number of fused-ring (bicyclic) bond motifs is 1. The maximum atomic E-state index is 14.4. The fourth-order valence-corrected chi connectivity index (χ4v) is 4.20. The van der Waals surface area contributed by atoms with E-state index in [2.05, 4.69) is 0 Å². The summed E-state index contributed by atoms with van der Waals surface area (Å²) in [6.07, 6.45) is 0.390. The molecule has 0 aliphatic carbocycles. The van der Waals surface area contributed by atoms with E-state index >= 15 is 0 Å². The van der Waals surface area contributed by atoms with Gasteiger partial charge >= 0.3 is 0 Å². The number of ether oxygens (including phenoxy) is 2. The van der Waals surface area contributed by atoms with Crippen molar-refractivity contribution in [2.45, 2.75) is 26.0 Å². The molecule has 0 radical (unpaired) electrons. The van der Waals surface area contributed by atoms with E-state index in [1.165, 1.54) is 17.0 Å². The lowest BCUT2D eigenvalue weighted by molar-refractivity contribution is 0.0576. The predicted molar refractivity (Wildman–Crippen MR) is 119 cm³/mol. The number of amides is 2. The number of hydrogen-bond donors (Lipinski definition) is 0. The Kier molecular flexibility index (Phi) is 6.15. The van der Waals surface area contributed by atoms with E-state index in [1.54, 1.807) is 55.6 Å². The topological polar surface area (TPSA) is 55.8 Å². The molecule has 0 bridgehead atoms. The molecule has 0 spiro atoms. The summed E-state index contributed by atoms with van der Waals surface area (Å²) in [4.78, 5) is 27.3. The number of carbonyl (C=O) groups excluding carboxylic acids is 2. The van der Waals surface area contributed by atoms with Gasteiger partial charge in [-0.05, 0) is 60.5 Å². The van der Waals surface area contributed by atoms with E-state index in [1.807, 2.05) is 6.92 Å². The van der Waals surface area contributed by atoms with Crippen LogP contribution in [0.2, 0.25) is 5.02 Å². The minimum absolute atomic E-state index is 0.0421. The molecule has 1 heterocycles. The molecular formula is C25H21ClFNO4. The number of imide groups is 1. The van der Waals surface area contributed by atoms with Gasteiger partial charge in [0.2, 0.25) is 0 Å². The number of halogens is 2. The second-order valence-electron chi connectivity index (χ2n) is 7.37. The molecular weight excluding hydrogens is 433 g/mol. The molecule has 5 nitrogen and oxygen atoms in total. The van der Waals surface area contributed by atoms with Crippen molar-refractivity contribution in [3.8, 4) is 11.5 Å². The maximum absolute atomic E-state index is 14.4. The second kappa shape index (κ2) is 9.01. The Morgan fingerprint density at radius 3 is 2.12 bits per heavy atom. The monoisotopic (exact) mass is 453 g/mol. The van der Waals surface area contributed by atoms with E-state index in [-0.39, 0.29) is 11.6 Å². The fraction of sp³-hybridized carbons (Fsp3) is 0.200. The number of nitrogens with zero attached hydrogens (tertiary/aromatic N) is 1. The van der Waals surface area contributed by atoms with E-state index in [0.717, 1.165) is 0 Å². The molecule has 3 aromatic carbocycles. The molecule has 0 saturated carbocycles. The van der Waals surface area contributed by atoms with Crippen LogP contribution in [0, 0.1) is 5.82 Å². The van der Waals surface area contributed by atoms with Gasteiger partial charge in [-0.1, -0.05) is 30.7 Å². The zero-order chi connectivity index (χ0) is 22.8. The van der Waals surface area contributed by atoms with Crippen LogP contribution in [-0.2, 0) is 6.61 Å². The molecule has 0 fully saturated rings. The number of hydrogen-bond acceptors (Lipinski definition) is 4. The van der Waals surface area contributed by atoms with Crippen LogP contribution in [0.3, 0.4) is 0 Å². The summed E-state index contributed by atoms with van der Waals surface area (Å²) in [7, 11) is 1.57. The lowest BCUT2D eigenvalue weighted by Crippen LogP contribution is -2.34.